The van der Waals surface area contributed by atoms with E-state index in [4.69, 9.17) is 9.15 Å². The maximum absolute atomic E-state index is 12.5. The van der Waals surface area contributed by atoms with E-state index in [1.807, 2.05) is 13.8 Å². The van der Waals surface area contributed by atoms with Crippen LogP contribution in [0.2, 0.25) is 0 Å². The summed E-state index contributed by atoms with van der Waals surface area (Å²) in [5.74, 6) is -1.45. The van der Waals surface area contributed by atoms with Crippen molar-refractivity contribution in [2.75, 3.05) is 0 Å². The van der Waals surface area contributed by atoms with E-state index in [1.165, 1.54) is 6.07 Å². The molecule has 0 aliphatic rings. The summed E-state index contributed by atoms with van der Waals surface area (Å²) in [6.45, 7) is 8.84. The van der Waals surface area contributed by atoms with E-state index in [0.29, 0.717) is 23.1 Å². The third kappa shape index (κ3) is 4.91. The molecule has 152 valence electrons. The van der Waals surface area contributed by atoms with E-state index in [0.717, 1.165) is 17.5 Å². The fourth-order valence-corrected chi connectivity index (χ4v) is 3.06. The minimum atomic E-state index is -1.09. The lowest BCUT2D eigenvalue weighted by atomic mass is 10.0. The normalized spacial score (nSPS) is 13.4. The van der Waals surface area contributed by atoms with Crippen LogP contribution < -0.4 is 15.7 Å². The standard InChI is InChI=1S/C21H27NO6/c1-6-7-14-10-17(23)28-16-9-12(4)8-15(18(14)16)27-13(5)20(24)22-19(11(2)3)21(25)26/h8-11,13,19H,6-7H2,1-5H3,(H,22,24)(H,25,26)/t13?,19-/m0/s1. The summed E-state index contributed by atoms with van der Waals surface area (Å²) in [5.41, 5.74) is 1.59. The molecule has 2 atom stereocenters. The van der Waals surface area contributed by atoms with Crippen LogP contribution in [0.15, 0.2) is 27.4 Å². The van der Waals surface area contributed by atoms with Crippen molar-refractivity contribution in [3.05, 3.63) is 39.7 Å². The number of fused-ring (bicyclic) bond motifs is 1. The topological polar surface area (TPSA) is 106 Å². The molecule has 0 fully saturated rings. The molecule has 1 unspecified atom stereocenters. The van der Waals surface area contributed by atoms with Gasteiger partial charge in [0.2, 0.25) is 0 Å². The van der Waals surface area contributed by atoms with Crippen molar-refractivity contribution in [2.45, 2.75) is 59.6 Å². The average molecular weight is 389 g/mol. The maximum Gasteiger partial charge on any atom is 0.336 e. The van der Waals surface area contributed by atoms with Crippen molar-refractivity contribution in [3.8, 4) is 5.75 Å². The number of carboxylic acids is 1. The second-order valence-corrected chi connectivity index (χ2v) is 7.31. The van der Waals surface area contributed by atoms with Gasteiger partial charge in [0.1, 0.15) is 17.4 Å². The number of rotatable bonds is 8. The molecule has 1 aromatic carbocycles. The fourth-order valence-electron chi connectivity index (χ4n) is 3.06. The SMILES string of the molecule is CCCc1cc(=O)oc2cc(C)cc(OC(C)C(=O)N[C@H](C(=O)O)C(C)C)c12. The summed E-state index contributed by atoms with van der Waals surface area (Å²) in [7, 11) is 0. The Hall–Kier alpha value is -2.83. The Labute approximate surface area is 163 Å². The van der Waals surface area contributed by atoms with Crippen molar-refractivity contribution >= 4 is 22.8 Å². The average Bonchev–Trinajstić information content (AvgIpc) is 2.57. The van der Waals surface area contributed by atoms with Gasteiger partial charge in [0, 0.05) is 6.07 Å². The number of ether oxygens (including phenoxy) is 1. The van der Waals surface area contributed by atoms with Gasteiger partial charge in [-0.1, -0.05) is 27.2 Å². The van der Waals surface area contributed by atoms with Crippen LogP contribution >= 0.6 is 0 Å². The van der Waals surface area contributed by atoms with E-state index < -0.39 is 29.6 Å². The number of hydrogen-bond acceptors (Lipinski definition) is 5. The van der Waals surface area contributed by atoms with Gasteiger partial charge < -0.3 is 19.6 Å². The number of nitrogens with one attached hydrogen (secondary N) is 1. The Morgan fingerprint density at radius 3 is 2.46 bits per heavy atom. The van der Waals surface area contributed by atoms with Gasteiger partial charge in [0.05, 0.1) is 5.39 Å². The Morgan fingerprint density at radius 1 is 1.21 bits per heavy atom. The molecule has 7 heteroatoms. The highest BCUT2D eigenvalue weighted by Gasteiger charge is 2.27. The highest BCUT2D eigenvalue weighted by Crippen LogP contribution is 2.31. The number of carbonyl (C=O) groups is 2. The van der Waals surface area contributed by atoms with Crippen LogP contribution in [0, 0.1) is 12.8 Å². The second kappa shape index (κ2) is 8.91. The minimum Gasteiger partial charge on any atom is -0.480 e. The van der Waals surface area contributed by atoms with Gasteiger partial charge in [0.25, 0.3) is 5.91 Å². The first-order valence-corrected chi connectivity index (χ1v) is 9.41. The van der Waals surface area contributed by atoms with Crippen LogP contribution in [-0.2, 0) is 16.0 Å². The first-order chi connectivity index (χ1) is 13.1. The van der Waals surface area contributed by atoms with E-state index in [-0.39, 0.29) is 5.92 Å². The first-order valence-electron chi connectivity index (χ1n) is 9.41. The fraction of sp³-hybridized carbons (Fsp3) is 0.476. The van der Waals surface area contributed by atoms with Gasteiger partial charge in [-0.3, -0.25) is 4.79 Å². The van der Waals surface area contributed by atoms with Crippen LogP contribution in [0.5, 0.6) is 5.75 Å². The number of benzene rings is 1. The van der Waals surface area contributed by atoms with Crippen molar-refractivity contribution in [1.82, 2.24) is 5.32 Å². The molecule has 0 saturated heterocycles. The van der Waals surface area contributed by atoms with E-state index in [9.17, 15) is 19.5 Å². The molecular formula is C21H27NO6. The molecule has 0 radical (unpaired) electrons. The molecule has 0 aliphatic carbocycles. The molecule has 1 heterocycles. The van der Waals surface area contributed by atoms with Crippen LogP contribution in [0.3, 0.4) is 0 Å². The van der Waals surface area contributed by atoms with E-state index in [1.54, 1.807) is 32.9 Å². The summed E-state index contributed by atoms with van der Waals surface area (Å²) in [4.78, 5) is 35.7. The summed E-state index contributed by atoms with van der Waals surface area (Å²) in [5, 5.41) is 12.4. The van der Waals surface area contributed by atoms with Gasteiger partial charge in [-0.25, -0.2) is 9.59 Å². The highest BCUT2D eigenvalue weighted by atomic mass is 16.5. The quantitative estimate of drug-likeness (QED) is 0.672. The Morgan fingerprint density at radius 2 is 1.89 bits per heavy atom. The van der Waals surface area contributed by atoms with E-state index >= 15 is 0 Å². The lowest BCUT2D eigenvalue weighted by Gasteiger charge is -2.22. The molecule has 0 spiro atoms. The molecule has 7 nitrogen and oxygen atoms in total. The monoisotopic (exact) mass is 389 g/mol. The predicted molar refractivity (Wildman–Crippen MR) is 106 cm³/mol. The molecule has 2 aromatic rings. The van der Waals surface area contributed by atoms with Crippen LogP contribution in [0.25, 0.3) is 11.0 Å². The van der Waals surface area contributed by atoms with Gasteiger partial charge in [-0.2, -0.15) is 0 Å². The molecule has 0 bridgehead atoms. The molecule has 0 aliphatic heterocycles. The summed E-state index contributed by atoms with van der Waals surface area (Å²) < 4.78 is 11.2. The summed E-state index contributed by atoms with van der Waals surface area (Å²) in [6, 6.07) is 3.98. The molecular weight excluding hydrogens is 362 g/mol. The van der Waals surface area contributed by atoms with Crippen molar-refractivity contribution in [2.24, 2.45) is 5.92 Å². The van der Waals surface area contributed by atoms with Gasteiger partial charge in [-0.15, -0.1) is 0 Å². The molecule has 1 aromatic heterocycles. The molecule has 2 rings (SSSR count). The van der Waals surface area contributed by atoms with Crippen molar-refractivity contribution < 1.29 is 23.8 Å². The van der Waals surface area contributed by atoms with Crippen LogP contribution in [0.4, 0.5) is 0 Å². The Bertz CT molecular complexity index is 930. The number of amides is 1. The Kier molecular flexibility index (Phi) is 6.83. The predicted octanol–water partition coefficient (Wildman–Crippen LogP) is 3.05. The van der Waals surface area contributed by atoms with Gasteiger partial charge in [0.15, 0.2) is 6.10 Å². The first kappa shape index (κ1) is 21.5. The van der Waals surface area contributed by atoms with Crippen molar-refractivity contribution in [1.29, 1.82) is 0 Å². The van der Waals surface area contributed by atoms with E-state index in [2.05, 4.69) is 5.32 Å². The lowest BCUT2D eigenvalue weighted by molar-refractivity contribution is -0.144. The summed E-state index contributed by atoms with van der Waals surface area (Å²) in [6.07, 6.45) is 0.569. The highest BCUT2D eigenvalue weighted by molar-refractivity contribution is 5.89. The number of hydrogen-bond donors (Lipinski definition) is 2. The zero-order valence-electron chi connectivity index (χ0n) is 16.9. The van der Waals surface area contributed by atoms with Gasteiger partial charge >= 0.3 is 11.6 Å². The lowest BCUT2D eigenvalue weighted by Crippen LogP contribution is -2.48. The minimum absolute atomic E-state index is 0.265. The molecule has 28 heavy (non-hydrogen) atoms. The third-order valence-corrected chi connectivity index (χ3v) is 4.46. The third-order valence-electron chi connectivity index (χ3n) is 4.46. The molecule has 0 saturated carbocycles. The smallest absolute Gasteiger partial charge is 0.336 e. The van der Waals surface area contributed by atoms with Gasteiger partial charge in [-0.05, 0) is 49.4 Å². The molecule has 2 N–H and O–H groups in total. The number of carbonyl (C=O) groups excluding carboxylic acids is 1. The largest absolute Gasteiger partial charge is 0.480 e. The van der Waals surface area contributed by atoms with Crippen LogP contribution in [0.1, 0.15) is 45.2 Å². The van der Waals surface area contributed by atoms with Crippen LogP contribution in [-0.4, -0.2) is 29.1 Å². The number of aliphatic carboxylic acids is 1. The maximum atomic E-state index is 12.5. The zero-order chi connectivity index (χ0) is 21.0. The Balaban J connectivity index is 2.38. The number of carboxylic acid groups (broad SMARTS) is 1. The zero-order valence-corrected chi connectivity index (χ0v) is 16.9. The van der Waals surface area contributed by atoms with Crippen molar-refractivity contribution in [3.63, 3.8) is 0 Å². The number of aryl methyl sites for hydroxylation is 2. The summed E-state index contributed by atoms with van der Waals surface area (Å²) >= 11 is 0. The molecule has 1 amide bonds. The second-order valence-electron chi connectivity index (χ2n) is 7.31.